The predicted octanol–water partition coefficient (Wildman–Crippen LogP) is 2.97. The number of hydrogen-bond acceptors (Lipinski definition) is 5. The number of ether oxygens (including phenoxy) is 2. The largest absolute Gasteiger partial charge is 0.484 e. The van der Waals surface area contributed by atoms with Crippen LogP contribution in [0.2, 0.25) is 0 Å². The summed E-state index contributed by atoms with van der Waals surface area (Å²) in [7, 11) is 0. The topological polar surface area (TPSA) is 73.6 Å². The molecule has 1 N–H and O–H groups in total. The van der Waals surface area contributed by atoms with Crippen LogP contribution in [-0.4, -0.2) is 30.3 Å². The number of anilines is 1. The second-order valence-electron chi connectivity index (χ2n) is 5.13. The summed E-state index contributed by atoms with van der Waals surface area (Å²) >= 11 is 0. The molecule has 1 heterocycles. The Balaban J connectivity index is 2.24. The van der Waals surface area contributed by atoms with E-state index in [2.05, 4.69) is 5.32 Å². The van der Waals surface area contributed by atoms with Gasteiger partial charge in [-0.1, -0.05) is 6.07 Å². The molecule has 0 saturated carbocycles. The van der Waals surface area contributed by atoms with Crippen molar-refractivity contribution in [3.63, 3.8) is 0 Å². The van der Waals surface area contributed by atoms with Crippen molar-refractivity contribution in [1.82, 2.24) is 0 Å². The highest BCUT2D eigenvalue weighted by molar-refractivity contribution is 5.68. The fourth-order valence-electron chi connectivity index (χ4n) is 2.25. The lowest BCUT2D eigenvalue weighted by Crippen LogP contribution is -2.30. The van der Waals surface area contributed by atoms with Gasteiger partial charge in [0, 0.05) is 12.6 Å². The van der Waals surface area contributed by atoms with Gasteiger partial charge >= 0.3 is 5.69 Å². The first kappa shape index (κ1) is 14.6. The van der Waals surface area contributed by atoms with Gasteiger partial charge in [0.2, 0.25) is 0 Å². The fraction of sp³-hybridized carbons (Fsp3) is 0.571. The Kier molecular flexibility index (Phi) is 4.79. The average molecular weight is 280 g/mol. The minimum atomic E-state index is -0.399. The molecule has 1 saturated heterocycles. The van der Waals surface area contributed by atoms with Crippen LogP contribution in [0.4, 0.5) is 11.4 Å². The summed E-state index contributed by atoms with van der Waals surface area (Å²) < 4.78 is 10.9. The highest BCUT2D eigenvalue weighted by atomic mass is 16.6. The third-order valence-corrected chi connectivity index (χ3v) is 3.06. The van der Waals surface area contributed by atoms with Gasteiger partial charge in [0.25, 0.3) is 0 Å². The minimum Gasteiger partial charge on any atom is -0.484 e. The minimum absolute atomic E-state index is 0.00762. The quantitative estimate of drug-likeness (QED) is 0.663. The first-order valence-electron chi connectivity index (χ1n) is 6.86. The Morgan fingerprint density at radius 3 is 2.90 bits per heavy atom. The summed E-state index contributed by atoms with van der Waals surface area (Å²) in [4.78, 5) is 10.9. The maximum atomic E-state index is 11.3. The zero-order valence-corrected chi connectivity index (χ0v) is 11.8. The highest BCUT2D eigenvalue weighted by Crippen LogP contribution is 2.36. The smallest absolute Gasteiger partial charge is 0.333 e. The lowest BCUT2D eigenvalue weighted by molar-refractivity contribution is -0.385. The molecule has 0 radical (unpaired) electrons. The van der Waals surface area contributed by atoms with Crippen LogP contribution in [0.5, 0.6) is 5.75 Å². The summed E-state index contributed by atoms with van der Waals surface area (Å²) in [5.74, 6) is 0.298. The van der Waals surface area contributed by atoms with E-state index in [4.69, 9.17) is 9.47 Å². The van der Waals surface area contributed by atoms with Crippen LogP contribution < -0.4 is 10.1 Å². The number of nitro benzene ring substituents is 1. The maximum absolute atomic E-state index is 11.3. The number of para-hydroxylation sites is 1. The standard InChI is InChI=1S/C14H20N2O4/c1-10(2)20-13-7-3-6-12(14(13)16(17)18)15-11-5-4-8-19-9-11/h3,6-7,10-11,15H,4-5,8-9H2,1-2H3. The Labute approximate surface area is 118 Å². The van der Waals surface area contributed by atoms with Crippen molar-refractivity contribution in [2.45, 2.75) is 38.8 Å². The summed E-state index contributed by atoms with van der Waals surface area (Å²) in [6, 6.07) is 5.20. The zero-order chi connectivity index (χ0) is 14.5. The molecule has 1 aromatic carbocycles. The molecule has 1 fully saturated rings. The van der Waals surface area contributed by atoms with Gasteiger partial charge in [0.15, 0.2) is 5.75 Å². The number of nitro groups is 1. The number of nitrogens with zero attached hydrogens (tertiary/aromatic N) is 1. The monoisotopic (exact) mass is 280 g/mol. The van der Waals surface area contributed by atoms with E-state index in [1.165, 1.54) is 0 Å². The van der Waals surface area contributed by atoms with Crippen molar-refractivity contribution in [2.24, 2.45) is 0 Å². The first-order chi connectivity index (χ1) is 9.58. The van der Waals surface area contributed by atoms with Crippen molar-refractivity contribution >= 4 is 11.4 Å². The van der Waals surface area contributed by atoms with Crippen molar-refractivity contribution in [3.8, 4) is 5.75 Å². The summed E-state index contributed by atoms with van der Waals surface area (Å²) in [5.41, 5.74) is 0.482. The third kappa shape index (κ3) is 3.60. The van der Waals surface area contributed by atoms with E-state index in [1.54, 1.807) is 18.2 Å². The van der Waals surface area contributed by atoms with Crippen molar-refractivity contribution in [2.75, 3.05) is 18.5 Å². The Hall–Kier alpha value is -1.82. The van der Waals surface area contributed by atoms with E-state index in [9.17, 15) is 10.1 Å². The van der Waals surface area contributed by atoms with Gasteiger partial charge < -0.3 is 14.8 Å². The zero-order valence-electron chi connectivity index (χ0n) is 11.8. The van der Waals surface area contributed by atoms with Crippen LogP contribution in [-0.2, 0) is 4.74 Å². The Bertz CT molecular complexity index is 470. The van der Waals surface area contributed by atoms with E-state index in [-0.39, 0.29) is 17.8 Å². The summed E-state index contributed by atoms with van der Waals surface area (Å²) in [6.07, 6.45) is 1.81. The molecule has 0 amide bonds. The molecule has 20 heavy (non-hydrogen) atoms. The van der Waals surface area contributed by atoms with Gasteiger partial charge in [-0.25, -0.2) is 0 Å². The van der Waals surface area contributed by atoms with Crippen molar-refractivity contribution < 1.29 is 14.4 Å². The van der Waals surface area contributed by atoms with Crippen LogP contribution in [0, 0.1) is 10.1 Å². The molecule has 1 atom stereocenters. The summed E-state index contributed by atoms with van der Waals surface area (Å²) in [5, 5.41) is 14.5. The molecule has 6 heteroatoms. The number of rotatable bonds is 5. The van der Waals surface area contributed by atoms with Gasteiger partial charge in [-0.3, -0.25) is 10.1 Å². The molecule has 1 aromatic rings. The molecule has 0 aromatic heterocycles. The van der Waals surface area contributed by atoms with Gasteiger partial charge in [-0.2, -0.15) is 0 Å². The van der Waals surface area contributed by atoms with E-state index < -0.39 is 4.92 Å². The molecule has 0 spiro atoms. The fourth-order valence-corrected chi connectivity index (χ4v) is 2.25. The van der Waals surface area contributed by atoms with Crippen molar-refractivity contribution in [3.05, 3.63) is 28.3 Å². The van der Waals surface area contributed by atoms with Crippen LogP contribution in [0.3, 0.4) is 0 Å². The number of benzene rings is 1. The van der Waals surface area contributed by atoms with E-state index in [0.717, 1.165) is 19.4 Å². The third-order valence-electron chi connectivity index (χ3n) is 3.06. The molecule has 1 unspecified atom stereocenters. The van der Waals surface area contributed by atoms with E-state index in [0.29, 0.717) is 18.0 Å². The van der Waals surface area contributed by atoms with Gasteiger partial charge in [0.05, 0.1) is 17.6 Å². The lowest BCUT2D eigenvalue weighted by Gasteiger charge is -2.24. The van der Waals surface area contributed by atoms with Crippen LogP contribution in [0.15, 0.2) is 18.2 Å². The van der Waals surface area contributed by atoms with Crippen LogP contribution in [0.1, 0.15) is 26.7 Å². The molecular formula is C14H20N2O4. The van der Waals surface area contributed by atoms with E-state index >= 15 is 0 Å². The molecule has 1 aliphatic heterocycles. The number of nitrogens with one attached hydrogen (secondary N) is 1. The van der Waals surface area contributed by atoms with Crippen molar-refractivity contribution in [1.29, 1.82) is 0 Å². The normalized spacial score (nSPS) is 18.9. The maximum Gasteiger partial charge on any atom is 0.333 e. The second kappa shape index (κ2) is 6.56. The SMILES string of the molecule is CC(C)Oc1cccc(NC2CCCOC2)c1[N+](=O)[O-]. The average Bonchev–Trinajstić information content (AvgIpc) is 2.39. The van der Waals surface area contributed by atoms with Crippen LogP contribution in [0.25, 0.3) is 0 Å². The molecule has 110 valence electrons. The molecule has 6 nitrogen and oxygen atoms in total. The Morgan fingerprint density at radius 2 is 2.30 bits per heavy atom. The highest BCUT2D eigenvalue weighted by Gasteiger charge is 2.24. The first-order valence-corrected chi connectivity index (χ1v) is 6.86. The van der Waals surface area contributed by atoms with Gasteiger partial charge in [0.1, 0.15) is 5.69 Å². The molecule has 0 aliphatic carbocycles. The molecular weight excluding hydrogens is 260 g/mol. The predicted molar refractivity (Wildman–Crippen MR) is 76.3 cm³/mol. The van der Waals surface area contributed by atoms with Crippen LogP contribution >= 0.6 is 0 Å². The summed E-state index contributed by atoms with van der Waals surface area (Å²) in [6.45, 7) is 5.03. The second-order valence-corrected chi connectivity index (χ2v) is 5.13. The van der Waals surface area contributed by atoms with E-state index in [1.807, 2.05) is 13.8 Å². The lowest BCUT2D eigenvalue weighted by atomic mass is 10.1. The Morgan fingerprint density at radius 1 is 1.50 bits per heavy atom. The number of hydrogen-bond donors (Lipinski definition) is 1. The molecule has 1 aliphatic rings. The molecule has 2 rings (SSSR count). The van der Waals surface area contributed by atoms with Gasteiger partial charge in [-0.15, -0.1) is 0 Å². The molecule has 0 bridgehead atoms. The van der Waals surface area contributed by atoms with Gasteiger partial charge in [-0.05, 0) is 38.8 Å².